The Balaban J connectivity index is 2.94. The molecule has 0 aromatic carbocycles. The van der Waals surface area contributed by atoms with Crippen molar-refractivity contribution in [3.63, 3.8) is 0 Å². The van der Waals surface area contributed by atoms with E-state index in [-0.39, 0.29) is 0 Å². The summed E-state index contributed by atoms with van der Waals surface area (Å²) in [5, 5.41) is 0. The van der Waals surface area contributed by atoms with Crippen LogP contribution in [0.2, 0.25) is 0 Å². The van der Waals surface area contributed by atoms with Crippen molar-refractivity contribution in [3.05, 3.63) is 17.8 Å². The second-order valence-corrected chi connectivity index (χ2v) is 2.41. The Morgan fingerprint density at radius 3 is 2.44 bits per heavy atom. The highest BCUT2D eigenvalue weighted by Crippen LogP contribution is 2.15. The van der Waals surface area contributed by atoms with Crippen LogP contribution < -0.4 is 0 Å². The van der Waals surface area contributed by atoms with Crippen LogP contribution in [0.25, 0.3) is 0 Å². The van der Waals surface area contributed by atoms with E-state index < -0.39 is 0 Å². The molecule has 0 aliphatic heterocycles. The molecule has 1 heterocycles. The van der Waals surface area contributed by atoms with Gasteiger partial charge < -0.3 is 4.42 Å². The average molecular weight is 124 g/mol. The van der Waals surface area contributed by atoms with E-state index >= 15 is 0 Å². The topological polar surface area (TPSA) is 26.0 Å². The van der Waals surface area contributed by atoms with E-state index in [2.05, 4.69) is 25.2 Å². The first-order valence-corrected chi connectivity index (χ1v) is 3.05. The van der Waals surface area contributed by atoms with Crippen molar-refractivity contribution in [1.82, 2.24) is 4.98 Å². The molecular formula is C7H10NO. The maximum atomic E-state index is 4.99. The molecule has 0 saturated carbocycles. The largest absolute Gasteiger partial charge is 0.437 e. The van der Waals surface area contributed by atoms with E-state index in [1.807, 2.05) is 6.92 Å². The van der Waals surface area contributed by atoms with Gasteiger partial charge in [-0.15, -0.1) is 0 Å². The second-order valence-electron chi connectivity index (χ2n) is 2.41. The molecule has 1 rings (SSSR count). The van der Waals surface area contributed by atoms with E-state index in [9.17, 15) is 0 Å². The minimum atomic E-state index is 0.420. The van der Waals surface area contributed by atoms with Gasteiger partial charge in [-0.2, -0.15) is 0 Å². The molecular weight excluding hydrogens is 114 g/mol. The zero-order chi connectivity index (χ0) is 6.85. The van der Waals surface area contributed by atoms with Crippen molar-refractivity contribution in [2.75, 3.05) is 0 Å². The van der Waals surface area contributed by atoms with E-state index in [0.717, 1.165) is 11.5 Å². The quantitative estimate of drug-likeness (QED) is 0.571. The third-order valence-electron chi connectivity index (χ3n) is 1.25. The number of aromatic nitrogens is 1. The third-order valence-corrected chi connectivity index (χ3v) is 1.25. The highest BCUT2D eigenvalue weighted by atomic mass is 16.3. The van der Waals surface area contributed by atoms with E-state index in [1.54, 1.807) is 0 Å². The van der Waals surface area contributed by atoms with Gasteiger partial charge in [-0.3, -0.25) is 0 Å². The molecule has 1 radical (unpaired) electrons. The lowest BCUT2D eigenvalue weighted by Gasteiger charge is -1.97. The van der Waals surface area contributed by atoms with Crippen molar-refractivity contribution in [3.8, 4) is 0 Å². The van der Waals surface area contributed by atoms with Crippen LogP contribution in [0.3, 0.4) is 0 Å². The molecule has 0 amide bonds. The monoisotopic (exact) mass is 124 g/mol. The SMILES string of the molecule is Cc1n[c]oc1C(C)C. The highest BCUT2D eigenvalue weighted by Gasteiger charge is 2.06. The van der Waals surface area contributed by atoms with Gasteiger partial charge in [0, 0.05) is 5.92 Å². The fourth-order valence-electron chi connectivity index (χ4n) is 0.805. The third kappa shape index (κ3) is 1.12. The molecule has 0 aliphatic carbocycles. The lowest BCUT2D eigenvalue weighted by molar-refractivity contribution is 0.473. The zero-order valence-corrected chi connectivity index (χ0v) is 5.93. The Labute approximate surface area is 54.9 Å². The van der Waals surface area contributed by atoms with Gasteiger partial charge in [0.15, 0.2) is 0 Å². The van der Waals surface area contributed by atoms with Crippen LogP contribution in [0.4, 0.5) is 0 Å². The van der Waals surface area contributed by atoms with Crippen LogP contribution in [-0.2, 0) is 0 Å². The molecule has 0 unspecified atom stereocenters. The Morgan fingerprint density at radius 1 is 1.56 bits per heavy atom. The second kappa shape index (κ2) is 2.21. The van der Waals surface area contributed by atoms with Crippen molar-refractivity contribution >= 4 is 0 Å². The summed E-state index contributed by atoms with van der Waals surface area (Å²) in [6.45, 7) is 6.07. The van der Waals surface area contributed by atoms with Crippen molar-refractivity contribution in [2.24, 2.45) is 0 Å². The fraction of sp³-hybridized carbons (Fsp3) is 0.571. The Morgan fingerprint density at radius 2 is 2.22 bits per heavy atom. The Hall–Kier alpha value is -0.790. The predicted molar refractivity (Wildman–Crippen MR) is 34.2 cm³/mol. The first-order valence-electron chi connectivity index (χ1n) is 3.05. The van der Waals surface area contributed by atoms with Crippen LogP contribution in [0, 0.1) is 13.3 Å². The molecule has 2 nitrogen and oxygen atoms in total. The predicted octanol–water partition coefficient (Wildman–Crippen LogP) is 1.91. The molecule has 0 aliphatic rings. The minimum absolute atomic E-state index is 0.420. The van der Waals surface area contributed by atoms with Gasteiger partial charge >= 0.3 is 0 Å². The summed E-state index contributed by atoms with van der Waals surface area (Å²) in [4.78, 5) is 3.85. The fourth-order valence-corrected chi connectivity index (χ4v) is 0.805. The normalized spacial score (nSPS) is 10.7. The van der Waals surface area contributed by atoms with Crippen LogP contribution in [0.5, 0.6) is 0 Å². The molecule has 1 aromatic heterocycles. The maximum Gasteiger partial charge on any atom is 0.284 e. The standard InChI is InChI=1S/C7H10NO/c1-5(2)7-6(3)8-4-9-7/h5H,1-3H3. The van der Waals surface area contributed by atoms with Crippen molar-refractivity contribution in [1.29, 1.82) is 0 Å². The molecule has 49 valence electrons. The molecule has 0 saturated heterocycles. The van der Waals surface area contributed by atoms with Crippen LogP contribution >= 0.6 is 0 Å². The van der Waals surface area contributed by atoms with E-state index in [1.165, 1.54) is 0 Å². The molecule has 0 atom stereocenters. The lowest BCUT2D eigenvalue weighted by atomic mass is 10.1. The summed E-state index contributed by atoms with van der Waals surface area (Å²) >= 11 is 0. The van der Waals surface area contributed by atoms with Crippen molar-refractivity contribution in [2.45, 2.75) is 26.7 Å². The summed E-state index contributed by atoms with van der Waals surface area (Å²) in [5.74, 6) is 1.36. The molecule has 0 N–H and O–H groups in total. The first-order chi connectivity index (χ1) is 4.22. The number of oxazole rings is 1. The summed E-state index contributed by atoms with van der Waals surface area (Å²) < 4.78 is 4.99. The van der Waals surface area contributed by atoms with Crippen LogP contribution in [0.1, 0.15) is 31.2 Å². The van der Waals surface area contributed by atoms with Crippen LogP contribution in [0.15, 0.2) is 4.42 Å². The van der Waals surface area contributed by atoms with Gasteiger partial charge in [0.2, 0.25) is 0 Å². The number of aryl methyl sites for hydroxylation is 1. The van der Waals surface area contributed by atoms with E-state index in [4.69, 9.17) is 4.42 Å². The molecule has 0 fully saturated rings. The smallest absolute Gasteiger partial charge is 0.284 e. The number of hydrogen-bond acceptors (Lipinski definition) is 2. The molecule has 1 aromatic rings. The molecule has 2 heteroatoms. The summed E-state index contributed by atoms with van der Waals surface area (Å²) in [6, 6.07) is 0. The molecule has 0 bridgehead atoms. The molecule has 0 spiro atoms. The summed E-state index contributed by atoms with van der Waals surface area (Å²) in [7, 11) is 0. The van der Waals surface area contributed by atoms with Gasteiger partial charge in [0.25, 0.3) is 6.39 Å². The Bertz CT molecular complexity index is 191. The van der Waals surface area contributed by atoms with Crippen LogP contribution in [-0.4, -0.2) is 4.98 Å². The minimum Gasteiger partial charge on any atom is -0.437 e. The Kier molecular flexibility index (Phi) is 1.56. The number of hydrogen-bond donors (Lipinski definition) is 0. The zero-order valence-electron chi connectivity index (χ0n) is 5.93. The summed E-state index contributed by atoms with van der Waals surface area (Å²) in [5.41, 5.74) is 0.949. The molecule has 9 heavy (non-hydrogen) atoms. The lowest BCUT2D eigenvalue weighted by Crippen LogP contribution is -1.86. The summed E-state index contributed by atoms with van der Waals surface area (Å²) in [6.07, 6.45) is 2.45. The average Bonchev–Trinajstić information content (AvgIpc) is 2.13. The van der Waals surface area contributed by atoms with E-state index in [0.29, 0.717) is 5.92 Å². The van der Waals surface area contributed by atoms with Gasteiger partial charge in [-0.25, -0.2) is 4.98 Å². The maximum absolute atomic E-state index is 4.99. The van der Waals surface area contributed by atoms with Gasteiger partial charge in [-0.1, -0.05) is 13.8 Å². The van der Waals surface area contributed by atoms with Gasteiger partial charge in [0.1, 0.15) is 5.76 Å². The van der Waals surface area contributed by atoms with Gasteiger partial charge in [-0.05, 0) is 6.92 Å². The highest BCUT2D eigenvalue weighted by molar-refractivity contribution is 5.07. The van der Waals surface area contributed by atoms with Gasteiger partial charge in [0.05, 0.1) is 5.69 Å². The first kappa shape index (κ1) is 6.33. The van der Waals surface area contributed by atoms with Crippen molar-refractivity contribution < 1.29 is 4.42 Å². The number of nitrogens with zero attached hydrogens (tertiary/aromatic N) is 1. The number of rotatable bonds is 1.